The predicted molar refractivity (Wildman–Crippen MR) is 156 cm³/mol. The van der Waals surface area contributed by atoms with Gasteiger partial charge in [0.2, 0.25) is 10.0 Å². The topological polar surface area (TPSA) is 113 Å². The van der Waals surface area contributed by atoms with Crippen LogP contribution in [0.1, 0.15) is 118 Å². The number of rotatable bonds is 8. The molecule has 3 N–H and O–H groups in total. The van der Waals surface area contributed by atoms with Crippen LogP contribution in [0.15, 0.2) is 0 Å². The molecule has 0 saturated heterocycles. The summed E-state index contributed by atoms with van der Waals surface area (Å²) in [5, 5.41) is 21.9. The summed E-state index contributed by atoms with van der Waals surface area (Å²) in [6.45, 7) is 9.77. The zero-order valence-corrected chi connectivity index (χ0v) is 26.1. The van der Waals surface area contributed by atoms with Crippen LogP contribution in [-0.4, -0.2) is 48.8 Å². The van der Waals surface area contributed by atoms with E-state index in [0.717, 1.165) is 51.4 Å². The first-order valence-corrected chi connectivity index (χ1v) is 18.0. The van der Waals surface area contributed by atoms with Crippen LogP contribution in [-0.2, 0) is 14.8 Å². The summed E-state index contributed by atoms with van der Waals surface area (Å²) < 4.78 is 32.1. The number of amides is 1. The Morgan fingerprint density at radius 3 is 2.35 bits per heavy atom. The maximum atomic E-state index is 12.4. The minimum atomic E-state index is -3.64. The summed E-state index contributed by atoms with van der Waals surface area (Å²) in [7, 11) is -3.64. The molecule has 0 radical (unpaired) electrons. The number of sulfonamides is 1. The fraction of sp³-hybridized carbons (Fsp3) is 0.969. The summed E-state index contributed by atoms with van der Waals surface area (Å²) >= 11 is 0. The van der Waals surface area contributed by atoms with E-state index in [1.165, 1.54) is 25.7 Å². The Labute approximate surface area is 242 Å². The van der Waals surface area contributed by atoms with Gasteiger partial charge in [0.25, 0.3) is 0 Å². The molecule has 0 heterocycles. The molecule has 40 heavy (non-hydrogen) atoms. The lowest BCUT2D eigenvalue weighted by atomic mass is 9.41. The van der Waals surface area contributed by atoms with E-state index < -0.39 is 21.4 Å². The number of aliphatic hydroxyl groups excluding tert-OH is 2. The van der Waals surface area contributed by atoms with Gasteiger partial charge in [0, 0.05) is 0 Å². The highest BCUT2D eigenvalue weighted by atomic mass is 32.2. The molecule has 8 heteroatoms. The Bertz CT molecular complexity index is 1010. The van der Waals surface area contributed by atoms with Crippen LogP contribution in [0.2, 0.25) is 0 Å². The van der Waals surface area contributed by atoms with Crippen molar-refractivity contribution >= 4 is 16.1 Å². The fourth-order valence-electron chi connectivity index (χ4n) is 11.1. The molecule has 5 saturated carbocycles. The average Bonchev–Trinajstić information content (AvgIpc) is 3.56. The lowest BCUT2D eigenvalue weighted by molar-refractivity contribution is -0.203. The van der Waals surface area contributed by atoms with Gasteiger partial charge < -0.3 is 14.9 Å². The first-order chi connectivity index (χ1) is 18.9. The molecule has 11 atom stereocenters. The summed E-state index contributed by atoms with van der Waals surface area (Å²) in [6, 6.07) is 0. The fourth-order valence-corrected chi connectivity index (χ4v) is 12.5. The standard InChI is InChI=1S/C32H55NO6S/c1-5-23-27-19-21(34)14-16-32(27,4)26-15-17-31(3)24(12-13-25(31)28(26)29(23)35)20(2)9-8-18-39-30(36)33-40(37,38)22-10-6-7-11-22/h20-29,34-35H,5-19H2,1-4H3,(H,33,36)/t20-,21-,23-,24?,25?,26?,27+,28?,29-,31?,32-/m1/s1. The number of carbonyl (C=O) groups excluding carboxylic acids is 1. The van der Waals surface area contributed by atoms with E-state index in [1.54, 1.807) is 0 Å². The molecule has 5 aliphatic rings. The van der Waals surface area contributed by atoms with Crippen LogP contribution in [0.3, 0.4) is 0 Å². The maximum absolute atomic E-state index is 12.4. The van der Waals surface area contributed by atoms with E-state index in [2.05, 4.69) is 32.4 Å². The van der Waals surface area contributed by atoms with Crippen LogP contribution in [0.5, 0.6) is 0 Å². The van der Waals surface area contributed by atoms with Gasteiger partial charge in [-0.05, 0) is 123 Å². The van der Waals surface area contributed by atoms with Crippen molar-refractivity contribution in [2.45, 2.75) is 135 Å². The number of ether oxygens (including phenoxy) is 1. The molecule has 5 unspecified atom stereocenters. The second-order valence-corrected chi connectivity index (χ2v) is 16.9. The van der Waals surface area contributed by atoms with Crippen molar-refractivity contribution in [1.29, 1.82) is 0 Å². The molecular formula is C32H55NO6S. The van der Waals surface area contributed by atoms with Crippen molar-refractivity contribution in [1.82, 2.24) is 4.72 Å². The Kier molecular flexibility index (Phi) is 8.93. The summed E-state index contributed by atoms with van der Waals surface area (Å²) in [4.78, 5) is 12.2. The largest absolute Gasteiger partial charge is 0.449 e. The smallest absolute Gasteiger partial charge is 0.420 e. The number of hydrogen-bond acceptors (Lipinski definition) is 6. The number of nitrogens with one attached hydrogen (secondary N) is 1. The highest BCUT2D eigenvalue weighted by molar-refractivity contribution is 7.90. The number of fused-ring (bicyclic) bond motifs is 5. The number of hydrogen-bond donors (Lipinski definition) is 3. The molecule has 1 amide bonds. The molecule has 0 bridgehead atoms. The van der Waals surface area contributed by atoms with Crippen molar-refractivity contribution < 1.29 is 28.2 Å². The van der Waals surface area contributed by atoms with Crippen LogP contribution in [0.25, 0.3) is 0 Å². The van der Waals surface area contributed by atoms with Gasteiger partial charge in [-0.1, -0.05) is 47.0 Å². The Morgan fingerprint density at radius 1 is 0.975 bits per heavy atom. The van der Waals surface area contributed by atoms with E-state index in [1.807, 2.05) is 0 Å². The van der Waals surface area contributed by atoms with Crippen molar-refractivity contribution in [3.05, 3.63) is 0 Å². The van der Waals surface area contributed by atoms with Crippen molar-refractivity contribution in [3.8, 4) is 0 Å². The van der Waals surface area contributed by atoms with Crippen molar-refractivity contribution in [2.75, 3.05) is 6.61 Å². The summed E-state index contributed by atoms with van der Waals surface area (Å²) in [6.07, 6.45) is 11.9. The maximum Gasteiger partial charge on any atom is 0.420 e. The van der Waals surface area contributed by atoms with Gasteiger partial charge in [0.1, 0.15) is 0 Å². The van der Waals surface area contributed by atoms with Gasteiger partial charge in [-0.15, -0.1) is 0 Å². The molecule has 0 aromatic rings. The number of aliphatic hydroxyl groups is 2. The molecular weight excluding hydrogens is 526 g/mol. The average molecular weight is 582 g/mol. The first-order valence-electron chi connectivity index (χ1n) is 16.5. The molecule has 0 aromatic heterocycles. The monoisotopic (exact) mass is 581 g/mol. The first kappa shape index (κ1) is 30.6. The second kappa shape index (κ2) is 11.7. The summed E-state index contributed by atoms with van der Waals surface area (Å²) in [5.41, 5.74) is 0.433. The van der Waals surface area contributed by atoms with Crippen molar-refractivity contribution in [3.63, 3.8) is 0 Å². The highest BCUT2D eigenvalue weighted by Gasteiger charge is 2.64. The normalized spacial score (nSPS) is 44.4. The molecule has 0 spiro atoms. The highest BCUT2D eigenvalue weighted by Crippen LogP contribution is 2.69. The van der Waals surface area contributed by atoms with E-state index in [-0.39, 0.29) is 35.6 Å². The zero-order chi connectivity index (χ0) is 28.9. The van der Waals surface area contributed by atoms with E-state index in [0.29, 0.717) is 48.3 Å². The van der Waals surface area contributed by atoms with Crippen LogP contribution >= 0.6 is 0 Å². The molecule has 0 aromatic carbocycles. The van der Waals surface area contributed by atoms with Crippen LogP contribution < -0.4 is 4.72 Å². The Hall–Kier alpha value is -0.860. The van der Waals surface area contributed by atoms with E-state index >= 15 is 0 Å². The van der Waals surface area contributed by atoms with Crippen molar-refractivity contribution in [2.24, 2.45) is 52.3 Å². The van der Waals surface area contributed by atoms with Crippen LogP contribution in [0, 0.1) is 52.3 Å². The zero-order valence-electron chi connectivity index (χ0n) is 25.3. The minimum absolute atomic E-state index is 0.213. The van der Waals surface area contributed by atoms with E-state index in [4.69, 9.17) is 4.74 Å². The Balaban J connectivity index is 1.18. The molecule has 5 fully saturated rings. The minimum Gasteiger partial charge on any atom is -0.449 e. The van der Waals surface area contributed by atoms with Crippen LogP contribution in [0.4, 0.5) is 4.79 Å². The third-order valence-electron chi connectivity index (χ3n) is 13.2. The molecule has 5 aliphatic carbocycles. The van der Waals surface area contributed by atoms with Gasteiger partial charge >= 0.3 is 6.09 Å². The van der Waals surface area contributed by atoms with Gasteiger partial charge in [-0.2, -0.15) is 0 Å². The SMILES string of the molecule is CC[C@H]1[C@@H](O)C2C3CCC([C@H](C)CCCOC(=O)NS(=O)(=O)C4CCCC4)C3(C)CCC2[C@@]2(C)CC[C@@H](O)C[C@@H]12. The van der Waals surface area contributed by atoms with Gasteiger partial charge in [0.15, 0.2) is 0 Å². The molecule has 5 rings (SSSR count). The van der Waals surface area contributed by atoms with Gasteiger partial charge in [-0.3, -0.25) is 0 Å². The van der Waals surface area contributed by atoms with Gasteiger partial charge in [0.05, 0.1) is 24.1 Å². The quantitative estimate of drug-likeness (QED) is 0.302. The lowest BCUT2D eigenvalue weighted by Gasteiger charge is -2.64. The molecule has 7 nitrogen and oxygen atoms in total. The predicted octanol–water partition coefficient (Wildman–Crippen LogP) is 6.03. The molecule has 0 aliphatic heterocycles. The third kappa shape index (κ3) is 5.36. The second-order valence-electron chi connectivity index (χ2n) is 14.9. The van der Waals surface area contributed by atoms with Gasteiger partial charge in [-0.25, -0.2) is 17.9 Å². The number of carbonyl (C=O) groups is 1. The summed E-state index contributed by atoms with van der Waals surface area (Å²) in [5.74, 6) is 3.20. The Morgan fingerprint density at radius 2 is 1.65 bits per heavy atom. The molecule has 230 valence electrons. The van der Waals surface area contributed by atoms with E-state index in [9.17, 15) is 23.4 Å². The lowest BCUT2D eigenvalue weighted by Crippen LogP contribution is -2.62. The third-order valence-corrected chi connectivity index (χ3v) is 15.0.